The van der Waals surface area contributed by atoms with Crippen LogP contribution in [0, 0.1) is 0 Å². The van der Waals surface area contributed by atoms with E-state index in [1.165, 1.54) is 11.1 Å². The Bertz CT molecular complexity index is 527. The lowest BCUT2D eigenvalue weighted by Crippen LogP contribution is -2.34. The van der Waals surface area contributed by atoms with Gasteiger partial charge >= 0.3 is 0 Å². The van der Waals surface area contributed by atoms with Crippen molar-refractivity contribution in [3.8, 4) is 0 Å². The topological polar surface area (TPSA) is 31.4 Å². The molecule has 2 aromatic rings. The molecule has 0 fully saturated rings. The molecule has 1 aromatic heterocycles. The van der Waals surface area contributed by atoms with Gasteiger partial charge in [0.25, 0.3) is 0 Å². The molecule has 2 heterocycles. The first-order chi connectivity index (χ1) is 8.34. The van der Waals surface area contributed by atoms with Crippen molar-refractivity contribution in [2.45, 2.75) is 19.6 Å². The molecule has 3 heteroatoms. The molecule has 1 aliphatic heterocycles. The molecule has 86 valence electrons. The highest BCUT2D eigenvalue weighted by Crippen LogP contribution is 2.25. The van der Waals surface area contributed by atoms with Crippen molar-refractivity contribution in [3.05, 3.63) is 53.7 Å². The van der Waals surface area contributed by atoms with Crippen LogP contribution < -0.4 is 4.90 Å². The number of nitrogens with zero attached hydrogens (tertiary/aromatic N) is 2. The lowest BCUT2D eigenvalue weighted by molar-refractivity contribution is 0.647. The number of benzene rings is 1. The summed E-state index contributed by atoms with van der Waals surface area (Å²) in [6.45, 7) is 3.00. The van der Waals surface area contributed by atoms with Crippen LogP contribution in [-0.2, 0) is 6.54 Å². The fraction of sp³-hybridized carbons (Fsp3) is 0.214. The fourth-order valence-corrected chi connectivity index (χ4v) is 2.17. The maximum Gasteiger partial charge on any atom is 0.119 e. The Balaban J connectivity index is 1.91. The zero-order chi connectivity index (χ0) is 11.7. The Labute approximate surface area is 101 Å². The highest BCUT2D eigenvalue weighted by molar-refractivity contribution is 5.88. The first kappa shape index (κ1) is 10.1. The molecular formula is C14H15N3. The van der Waals surface area contributed by atoms with Gasteiger partial charge in [0.05, 0.1) is 0 Å². The summed E-state index contributed by atoms with van der Waals surface area (Å²) < 4.78 is 0. The van der Waals surface area contributed by atoms with Crippen molar-refractivity contribution in [2.24, 2.45) is 4.99 Å². The molecule has 0 amide bonds. The third-order valence-corrected chi connectivity index (χ3v) is 3.12. The van der Waals surface area contributed by atoms with Gasteiger partial charge in [-0.05, 0) is 18.6 Å². The summed E-state index contributed by atoms with van der Waals surface area (Å²) in [4.78, 5) is 10.1. The van der Waals surface area contributed by atoms with Gasteiger partial charge in [-0.3, -0.25) is 4.99 Å². The van der Waals surface area contributed by atoms with Gasteiger partial charge < -0.3 is 9.88 Å². The molecule has 0 spiro atoms. The number of aliphatic imine (C=N–C) groups is 1. The Morgan fingerprint density at radius 1 is 1.24 bits per heavy atom. The second-order valence-electron chi connectivity index (χ2n) is 4.31. The summed E-state index contributed by atoms with van der Waals surface area (Å²) in [6, 6.07) is 12.5. The van der Waals surface area contributed by atoms with E-state index in [2.05, 4.69) is 52.1 Å². The third kappa shape index (κ3) is 1.84. The van der Waals surface area contributed by atoms with Crippen molar-refractivity contribution < 1.29 is 0 Å². The number of aromatic amines is 1. The van der Waals surface area contributed by atoms with E-state index in [0.717, 1.165) is 12.4 Å². The molecule has 1 aromatic carbocycles. The summed E-state index contributed by atoms with van der Waals surface area (Å²) in [7, 11) is 0. The maximum absolute atomic E-state index is 4.50. The summed E-state index contributed by atoms with van der Waals surface area (Å²) >= 11 is 0. The van der Waals surface area contributed by atoms with E-state index in [0.29, 0.717) is 0 Å². The van der Waals surface area contributed by atoms with Crippen LogP contribution in [0.2, 0.25) is 0 Å². The van der Waals surface area contributed by atoms with Gasteiger partial charge in [0.2, 0.25) is 0 Å². The Kier molecular flexibility index (Phi) is 2.44. The molecule has 1 unspecified atom stereocenters. The Morgan fingerprint density at radius 2 is 2.06 bits per heavy atom. The third-order valence-electron chi connectivity index (χ3n) is 3.12. The summed E-state index contributed by atoms with van der Waals surface area (Å²) in [5.74, 6) is 1.16. The van der Waals surface area contributed by atoms with Gasteiger partial charge in [-0.15, -0.1) is 0 Å². The van der Waals surface area contributed by atoms with Gasteiger partial charge in [0, 0.05) is 24.5 Å². The number of hydrogen-bond acceptors (Lipinski definition) is 2. The van der Waals surface area contributed by atoms with Gasteiger partial charge in [-0.25, -0.2) is 0 Å². The van der Waals surface area contributed by atoms with Gasteiger partial charge in [-0.2, -0.15) is 0 Å². The zero-order valence-corrected chi connectivity index (χ0v) is 9.80. The highest BCUT2D eigenvalue weighted by atomic mass is 15.3. The molecule has 0 saturated carbocycles. The number of hydrogen-bond donors (Lipinski definition) is 1. The number of nitrogens with one attached hydrogen (secondary N) is 1. The lowest BCUT2D eigenvalue weighted by atomic mass is 10.2. The SMILES string of the molecule is CC1N=Cc2cc[nH]c2N1Cc1ccccc1. The molecule has 17 heavy (non-hydrogen) atoms. The molecule has 0 saturated heterocycles. The average molecular weight is 225 g/mol. The standard InChI is InChI=1S/C14H15N3/c1-11-16-9-13-7-8-15-14(13)17(11)10-12-5-3-2-4-6-12/h2-9,11,15H,10H2,1H3. The predicted molar refractivity (Wildman–Crippen MR) is 70.5 cm³/mol. The number of H-pyrrole nitrogens is 1. The van der Waals surface area contributed by atoms with E-state index >= 15 is 0 Å². The fourth-order valence-electron chi connectivity index (χ4n) is 2.17. The lowest BCUT2D eigenvalue weighted by Gasteiger charge is -2.30. The monoisotopic (exact) mass is 225 g/mol. The normalized spacial score (nSPS) is 18.2. The van der Waals surface area contributed by atoms with Crippen LogP contribution >= 0.6 is 0 Å². The summed E-state index contributed by atoms with van der Waals surface area (Å²) in [5.41, 5.74) is 2.47. The van der Waals surface area contributed by atoms with Crippen molar-refractivity contribution in [2.75, 3.05) is 4.90 Å². The van der Waals surface area contributed by atoms with Crippen molar-refractivity contribution in [1.29, 1.82) is 0 Å². The minimum Gasteiger partial charge on any atom is -0.348 e. The quantitative estimate of drug-likeness (QED) is 0.837. The van der Waals surface area contributed by atoms with Crippen molar-refractivity contribution in [3.63, 3.8) is 0 Å². The van der Waals surface area contributed by atoms with Crippen LogP contribution in [0.5, 0.6) is 0 Å². The van der Waals surface area contributed by atoms with E-state index in [1.54, 1.807) is 0 Å². The van der Waals surface area contributed by atoms with Crippen LogP contribution in [0.15, 0.2) is 47.6 Å². The van der Waals surface area contributed by atoms with Crippen LogP contribution in [0.3, 0.4) is 0 Å². The van der Waals surface area contributed by atoms with Crippen LogP contribution in [-0.4, -0.2) is 17.4 Å². The molecule has 0 aliphatic carbocycles. The first-order valence-corrected chi connectivity index (χ1v) is 5.86. The molecule has 1 atom stereocenters. The van der Waals surface area contributed by atoms with Gasteiger partial charge in [-0.1, -0.05) is 30.3 Å². The second kappa shape index (κ2) is 4.09. The average Bonchev–Trinajstić information content (AvgIpc) is 2.83. The van der Waals surface area contributed by atoms with Crippen LogP contribution in [0.25, 0.3) is 0 Å². The number of fused-ring (bicyclic) bond motifs is 1. The predicted octanol–water partition coefficient (Wildman–Crippen LogP) is 2.80. The van der Waals surface area contributed by atoms with E-state index in [1.807, 2.05) is 18.5 Å². The molecule has 0 radical (unpaired) electrons. The van der Waals surface area contributed by atoms with E-state index in [9.17, 15) is 0 Å². The number of rotatable bonds is 2. The first-order valence-electron chi connectivity index (χ1n) is 5.86. The summed E-state index contributed by atoms with van der Waals surface area (Å²) in [6.07, 6.45) is 4.09. The molecule has 1 N–H and O–H groups in total. The summed E-state index contributed by atoms with van der Waals surface area (Å²) in [5, 5.41) is 0. The number of anilines is 1. The van der Waals surface area contributed by atoms with Gasteiger partial charge in [0.15, 0.2) is 0 Å². The minimum atomic E-state index is 0.182. The van der Waals surface area contributed by atoms with E-state index in [-0.39, 0.29) is 6.17 Å². The molecule has 1 aliphatic rings. The molecule has 0 bridgehead atoms. The molecular weight excluding hydrogens is 210 g/mol. The molecule has 3 nitrogen and oxygen atoms in total. The van der Waals surface area contributed by atoms with Crippen LogP contribution in [0.1, 0.15) is 18.1 Å². The van der Waals surface area contributed by atoms with Gasteiger partial charge in [0.1, 0.15) is 12.0 Å². The minimum absolute atomic E-state index is 0.182. The second-order valence-corrected chi connectivity index (χ2v) is 4.31. The van der Waals surface area contributed by atoms with E-state index < -0.39 is 0 Å². The largest absolute Gasteiger partial charge is 0.348 e. The van der Waals surface area contributed by atoms with Crippen LogP contribution in [0.4, 0.5) is 5.82 Å². The Morgan fingerprint density at radius 3 is 2.88 bits per heavy atom. The van der Waals surface area contributed by atoms with E-state index in [4.69, 9.17) is 0 Å². The van der Waals surface area contributed by atoms with Crippen molar-refractivity contribution in [1.82, 2.24) is 4.98 Å². The zero-order valence-electron chi connectivity index (χ0n) is 9.80. The highest BCUT2D eigenvalue weighted by Gasteiger charge is 2.20. The Hall–Kier alpha value is -2.03. The van der Waals surface area contributed by atoms with Crippen molar-refractivity contribution >= 4 is 12.0 Å². The molecule has 3 rings (SSSR count). The number of aromatic nitrogens is 1. The maximum atomic E-state index is 4.50. The smallest absolute Gasteiger partial charge is 0.119 e.